The molecule has 0 spiro atoms. The lowest BCUT2D eigenvalue weighted by Gasteiger charge is -2.39. The molecule has 0 aliphatic heterocycles. The predicted octanol–water partition coefficient (Wildman–Crippen LogP) is 3.58. The minimum Gasteiger partial charge on any atom is -0.472 e. The second-order valence-electron chi connectivity index (χ2n) is 6.68. The van der Waals surface area contributed by atoms with Gasteiger partial charge in [0.2, 0.25) is 0 Å². The summed E-state index contributed by atoms with van der Waals surface area (Å²) in [6, 6.07) is 2.72. The van der Waals surface area contributed by atoms with Crippen molar-refractivity contribution in [3.05, 3.63) is 24.2 Å². The summed E-state index contributed by atoms with van der Waals surface area (Å²) in [5.41, 5.74) is 2.23. The van der Waals surface area contributed by atoms with E-state index in [1.165, 1.54) is 24.8 Å². The molecule has 2 aliphatic carbocycles. The molecule has 0 amide bonds. The highest BCUT2D eigenvalue weighted by atomic mass is 16.3. The monoisotopic (exact) mass is 233 g/mol. The van der Waals surface area contributed by atoms with Crippen molar-refractivity contribution in [3.8, 4) is 0 Å². The summed E-state index contributed by atoms with van der Waals surface area (Å²) < 4.78 is 5.12. The predicted molar refractivity (Wildman–Crippen MR) is 68.6 cm³/mol. The lowest BCUT2D eigenvalue weighted by Crippen LogP contribution is -2.44. The van der Waals surface area contributed by atoms with Crippen LogP contribution in [0.15, 0.2) is 23.0 Å². The number of rotatable bonds is 3. The van der Waals surface area contributed by atoms with Crippen molar-refractivity contribution in [2.45, 2.75) is 52.6 Å². The fourth-order valence-electron chi connectivity index (χ4n) is 4.15. The summed E-state index contributed by atoms with van der Waals surface area (Å²) in [6.07, 6.45) is 7.75. The van der Waals surface area contributed by atoms with E-state index in [1.54, 1.807) is 6.26 Å². The van der Waals surface area contributed by atoms with Gasteiger partial charge in [-0.05, 0) is 42.1 Å². The molecule has 94 valence electrons. The van der Waals surface area contributed by atoms with Crippen molar-refractivity contribution in [1.82, 2.24) is 5.32 Å². The molecule has 1 heterocycles. The number of fused-ring (bicyclic) bond motifs is 2. The molecule has 2 bridgehead atoms. The van der Waals surface area contributed by atoms with Crippen LogP contribution in [0.3, 0.4) is 0 Å². The fraction of sp³-hybridized carbons (Fsp3) is 0.733. The van der Waals surface area contributed by atoms with E-state index in [2.05, 4.69) is 26.1 Å². The Morgan fingerprint density at radius 1 is 1.41 bits per heavy atom. The highest BCUT2D eigenvalue weighted by Gasteiger charge is 2.60. The molecule has 0 saturated heterocycles. The zero-order valence-electron chi connectivity index (χ0n) is 11.1. The molecule has 1 aromatic rings. The molecule has 2 nitrogen and oxygen atoms in total. The van der Waals surface area contributed by atoms with Gasteiger partial charge in [0.25, 0.3) is 0 Å². The second-order valence-corrected chi connectivity index (χ2v) is 6.68. The average molecular weight is 233 g/mol. The van der Waals surface area contributed by atoms with Crippen LogP contribution in [0.25, 0.3) is 0 Å². The van der Waals surface area contributed by atoms with Gasteiger partial charge in [0, 0.05) is 18.2 Å². The Bertz CT molecular complexity index is 395. The fourth-order valence-corrected chi connectivity index (χ4v) is 4.15. The summed E-state index contributed by atoms with van der Waals surface area (Å²) in [4.78, 5) is 0. The van der Waals surface area contributed by atoms with E-state index in [1.807, 2.05) is 12.3 Å². The van der Waals surface area contributed by atoms with Crippen LogP contribution in [0.4, 0.5) is 0 Å². The number of furan rings is 1. The topological polar surface area (TPSA) is 25.2 Å². The van der Waals surface area contributed by atoms with Crippen molar-refractivity contribution in [2.24, 2.45) is 16.7 Å². The van der Waals surface area contributed by atoms with Crippen LogP contribution >= 0.6 is 0 Å². The van der Waals surface area contributed by atoms with Crippen LogP contribution in [0.2, 0.25) is 0 Å². The van der Waals surface area contributed by atoms with E-state index in [9.17, 15) is 0 Å². The maximum Gasteiger partial charge on any atom is 0.0947 e. The molecule has 0 radical (unpaired) electrons. The molecule has 0 aromatic carbocycles. The largest absolute Gasteiger partial charge is 0.472 e. The number of hydrogen-bond acceptors (Lipinski definition) is 2. The maximum atomic E-state index is 5.12. The van der Waals surface area contributed by atoms with E-state index in [4.69, 9.17) is 4.42 Å². The van der Waals surface area contributed by atoms with Crippen LogP contribution < -0.4 is 5.32 Å². The third-order valence-corrected chi connectivity index (χ3v) is 5.93. The van der Waals surface area contributed by atoms with Gasteiger partial charge < -0.3 is 9.73 Å². The average Bonchev–Trinajstić information content (AvgIpc) is 2.91. The Balaban J connectivity index is 1.70. The molecule has 3 unspecified atom stereocenters. The standard InChI is InChI=1S/C15H23NO/c1-14(2)12-4-6-15(14,3)13(8-12)16-9-11-5-7-17-10-11/h5,7,10,12-13,16H,4,6,8-9H2,1-3H3. The summed E-state index contributed by atoms with van der Waals surface area (Å²) in [7, 11) is 0. The third-order valence-electron chi connectivity index (χ3n) is 5.93. The lowest BCUT2D eigenvalue weighted by molar-refractivity contribution is 0.120. The lowest BCUT2D eigenvalue weighted by atomic mass is 9.69. The Labute approximate surface area is 104 Å². The van der Waals surface area contributed by atoms with E-state index in [-0.39, 0.29) is 0 Å². The molecule has 2 aliphatic rings. The van der Waals surface area contributed by atoms with Gasteiger partial charge in [0.05, 0.1) is 12.5 Å². The minimum absolute atomic E-state index is 0.474. The first-order valence-corrected chi connectivity index (χ1v) is 6.78. The Hall–Kier alpha value is -0.760. The normalized spacial score (nSPS) is 38.8. The highest BCUT2D eigenvalue weighted by Crippen LogP contribution is 2.65. The number of hydrogen-bond donors (Lipinski definition) is 1. The van der Waals surface area contributed by atoms with E-state index in [0.29, 0.717) is 16.9 Å². The quantitative estimate of drug-likeness (QED) is 0.863. The van der Waals surface area contributed by atoms with Crippen molar-refractivity contribution < 1.29 is 4.42 Å². The van der Waals surface area contributed by atoms with Gasteiger partial charge in [-0.25, -0.2) is 0 Å². The first-order chi connectivity index (χ1) is 8.04. The molecule has 1 N–H and O–H groups in total. The van der Waals surface area contributed by atoms with Crippen LogP contribution in [-0.2, 0) is 6.54 Å². The summed E-state index contributed by atoms with van der Waals surface area (Å²) >= 11 is 0. The van der Waals surface area contributed by atoms with Crippen LogP contribution in [0, 0.1) is 16.7 Å². The Morgan fingerprint density at radius 3 is 2.76 bits per heavy atom. The summed E-state index contributed by atoms with van der Waals surface area (Å²) in [5, 5.41) is 3.75. The minimum atomic E-state index is 0.474. The van der Waals surface area contributed by atoms with Crippen molar-refractivity contribution in [3.63, 3.8) is 0 Å². The van der Waals surface area contributed by atoms with Gasteiger partial charge in [-0.1, -0.05) is 20.8 Å². The molecular formula is C15H23NO. The van der Waals surface area contributed by atoms with Crippen molar-refractivity contribution >= 4 is 0 Å². The first kappa shape index (κ1) is 11.3. The molecular weight excluding hydrogens is 210 g/mol. The van der Waals surface area contributed by atoms with Crippen molar-refractivity contribution in [2.75, 3.05) is 0 Å². The van der Waals surface area contributed by atoms with Crippen LogP contribution in [0.5, 0.6) is 0 Å². The molecule has 2 fully saturated rings. The molecule has 17 heavy (non-hydrogen) atoms. The van der Waals surface area contributed by atoms with Crippen LogP contribution in [0.1, 0.15) is 45.6 Å². The molecule has 1 aromatic heterocycles. The highest BCUT2D eigenvalue weighted by molar-refractivity contribution is 5.14. The summed E-state index contributed by atoms with van der Waals surface area (Å²) in [6.45, 7) is 8.35. The van der Waals surface area contributed by atoms with E-state index >= 15 is 0 Å². The van der Waals surface area contributed by atoms with Gasteiger partial charge in [-0.15, -0.1) is 0 Å². The second kappa shape index (κ2) is 3.61. The van der Waals surface area contributed by atoms with Gasteiger partial charge in [-0.3, -0.25) is 0 Å². The Kier molecular flexibility index (Phi) is 2.41. The van der Waals surface area contributed by atoms with Gasteiger partial charge in [0.15, 0.2) is 0 Å². The third kappa shape index (κ3) is 1.50. The van der Waals surface area contributed by atoms with Gasteiger partial charge in [0.1, 0.15) is 0 Å². The molecule has 2 heteroatoms. The van der Waals surface area contributed by atoms with E-state index in [0.717, 1.165) is 12.5 Å². The Morgan fingerprint density at radius 2 is 2.24 bits per heavy atom. The molecule has 3 atom stereocenters. The smallest absolute Gasteiger partial charge is 0.0947 e. The SMILES string of the molecule is CC1(C)C2CCC1(C)C(NCc1ccoc1)C2. The van der Waals surface area contributed by atoms with Gasteiger partial charge in [-0.2, -0.15) is 0 Å². The van der Waals surface area contributed by atoms with E-state index < -0.39 is 0 Å². The van der Waals surface area contributed by atoms with Crippen molar-refractivity contribution in [1.29, 1.82) is 0 Å². The zero-order valence-corrected chi connectivity index (χ0v) is 11.1. The number of nitrogens with one attached hydrogen (secondary N) is 1. The zero-order chi connectivity index (χ0) is 12.1. The molecule has 2 saturated carbocycles. The molecule has 3 rings (SSSR count). The summed E-state index contributed by atoms with van der Waals surface area (Å²) in [5.74, 6) is 0.911. The van der Waals surface area contributed by atoms with Gasteiger partial charge >= 0.3 is 0 Å². The first-order valence-electron chi connectivity index (χ1n) is 6.78. The maximum absolute atomic E-state index is 5.12. The van der Waals surface area contributed by atoms with Crippen LogP contribution in [-0.4, -0.2) is 6.04 Å².